The fourth-order valence-electron chi connectivity index (χ4n) is 7.05. The topological polar surface area (TPSA) is 108 Å². The van der Waals surface area contributed by atoms with Crippen LogP contribution in [0.25, 0.3) is 10.1 Å². The molecule has 3 heterocycles. The molecule has 9 nitrogen and oxygen atoms in total. The number of halogens is 2. The molecule has 1 aromatic heterocycles. The third-order valence-electron chi connectivity index (χ3n) is 9.74. The van der Waals surface area contributed by atoms with E-state index in [-0.39, 0.29) is 48.4 Å². The number of nitrogens with one attached hydrogen (secondary N) is 1. The molecule has 12 heteroatoms. The molecule has 2 aromatic carbocycles. The van der Waals surface area contributed by atoms with Gasteiger partial charge >= 0.3 is 5.97 Å². The fraction of sp³-hybridized carbons (Fsp3) is 0.500. The molecule has 6 rings (SSSR count). The van der Waals surface area contributed by atoms with Crippen molar-refractivity contribution >= 4 is 68.1 Å². The SMILES string of the molecule is CO[C@@H]1CCN([C@H]2C[C@@H](CO[C@H]3CC[C@H](C(=O)O)CC3)N(C(=O)Cc3cc(Cl)c(NC(=O)c4csc5ccccc45)cc3Cl)C2)C1. The van der Waals surface area contributed by atoms with E-state index in [1.807, 2.05) is 34.5 Å². The number of aliphatic carboxylic acids is 1. The maximum Gasteiger partial charge on any atom is 0.306 e. The first-order valence-electron chi connectivity index (χ1n) is 15.9. The second-order valence-electron chi connectivity index (χ2n) is 12.6. The van der Waals surface area contributed by atoms with Crippen LogP contribution in [0.4, 0.5) is 5.69 Å². The molecule has 0 unspecified atom stereocenters. The number of hydrogen-bond acceptors (Lipinski definition) is 7. The monoisotopic (exact) mass is 687 g/mol. The van der Waals surface area contributed by atoms with Crippen molar-refractivity contribution in [1.82, 2.24) is 9.80 Å². The van der Waals surface area contributed by atoms with Crippen LogP contribution in [0.3, 0.4) is 0 Å². The average molecular weight is 689 g/mol. The zero-order valence-corrected chi connectivity index (χ0v) is 28.1. The van der Waals surface area contributed by atoms with Crippen molar-refractivity contribution in [3.63, 3.8) is 0 Å². The summed E-state index contributed by atoms with van der Waals surface area (Å²) in [4.78, 5) is 42.7. The molecule has 2 N–H and O–H groups in total. The second kappa shape index (κ2) is 14.6. The molecule has 1 aliphatic carbocycles. The first kappa shape index (κ1) is 33.2. The number of anilines is 1. The summed E-state index contributed by atoms with van der Waals surface area (Å²) >= 11 is 14.8. The Hall–Kier alpha value is -2.73. The van der Waals surface area contributed by atoms with Gasteiger partial charge in [-0.25, -0.2) is 0 Å². The molecule has 2 aliphatic heterocycles. The first-order chi connectivity index (χ1) is 22.2. The van der Waals surface area contributed by atoms with Gasteiger partial charge in [-0.3, -0.25) is 19.3 Å². The minimum Gasteiger partial charge on any atom is -0.481 e. The number of carbonyl (C=O) groups is 3. The molecule has 0 spiro atoms. The highest BCUT2D eigenvalue weighted by atomic mass is 35.5. The molecule has 3 fully saturated rings. The number of benzene rings is 2. The van der Waals surface area contributed by atoms with E-state index < -0.39 is 5.97 Å². The number of methoxy groups -OCH3 is 1. The molecule has 1 saturated carbocycles. The van der Waals surface area contributed by atoms with Gasteiger partial charge in [-0.15, -0.1) is 11.3 Å². The number of carboxylic acid groups (broad SMARTS) is 1. The first-order valence-corrected chi connectivity index (χ1v) is 17.5. The number of thiophene rings is 1. The van der Waals surface area contributed by atoms with Crippen LogP contribution in [0.5, 0.6) is 0 Å². The van der Waals surface area contributed by atoms with Crippen molar-refractivity contribution in [2.75, 3.05) is 38.7 Å². The lowest BCUT2D eigenvalue weighted by molar-refractivity contribution is -0.144. The van der Waals surface area contributed by atoms with Crippen LogP contribution in [-0.4, -0.2) is 90.3 Å². The quantitative estimate of drug-likeness (QED) is 0.256. The highest BCUT2D eigenvalue weighted by molar-refractivity contribution is 7.17. The van der Waals surface area contributed by atoms with E-state index in [2.05, 4.69) is 10.2 Å². The van der Waals surface area contributed by atoms with Crippen molar-refractivity contribution in [1.29, 1.82) is 0 Å². The number of hydrogen-bond donors (Lipinski definition) is 2. The summed E-state index contributed by atoms with van der Waals surface area (Å²) in [5, 5.41) is 15.6. The Kier molecular flexibility index (Phi) is 10.5. The summed E-state index contributed by atoms with van der Waals surface area (Å²) in [5.74, 6) is -1.38. The van der Waals surface area contributed by atoms with E-state index in [9.17, 15) is 19.5 Å². The van der Waals surface area contributed by atoms with E-state index in [1.54, 1.807) is 19.2 Å². The number of amides is 2. The Morgan fingerprint density at radius 2 is 1.80 bits per heavy atom. The molecule has 2 amide bonds. The molecular formula is C34H39Cl2N3O6S. The van der Waals surface area contributed by atoms with Crippen molar-refractivity contribution in [3.05, 3.63) is 63.0 Å². The minimum absolute atomic E-state index is 0.000615. The van der Waals surface area contributed by atoms with E-state index in [4.69, 9.17) is 32.7 Å². The third-order valence-corrected chi connectivity index (χ3v) is 11.4. The average Bonchev–Trinajstić information content (AvgIpc) is 3.81. The Balaban J connectivity index is 1.12. The van der Waals surface area contributed by atoms with Crippen LogP contribution in [0, 0.1) is 5.92 Å². The summed E-state index contributed by atoms with van der Waals surface area (Å²) in [6, 6.07) is 11.1. The highest BCUT2D eigenvalue weighted by Gasteiger charge is 2.41. The molecule has 3 atom stereocenters. The zero-order valence-electron chi connectivity index (χ0n) is 25.8. The minimum atomic E-state index is -0.737. The van der Waals surface area contributed by atoms with Gasteiger partial charge in [0, 0.05) is 53.3 Å². The summed E-state index contributed by atoms with van der Waals surface area (Å²) < 4.78 is 12.9. The van der Waals surface area contributed by atoms with E-state index >= 15 is 0 Å². The normalized spacial score (nSPS) is 25.3. The number of fused-ring (bicyclic) bond motifs is 1. The number of carboxylic acids is 1. The van der Waals surface area contributed by atoms with Gasteiger partial charge in [-0.1, -0.05) is 41.4 Å². The second-order valence-corrected chi connectivity index (χ2v) is 14.3. The van der Waals surface area contributed by atoms with Crippen LogP contribution < -0.4 is 5.32 Å². The summed E-state index contributed by atoms with van der Waals surface area (Å²) in [5.41, 5.74) is 1.54. The predicted octanol–water partition coefficient (Wildman–Crippen LogP) is 6.35. The van der Waals surface area contributed by atoms with Gasteiger partial charge in [0.15, 0.2) is 0 Å². The molecule has 2 saturated heterocycles. The standard InChI is InChI=1S/C34H39Cl2N3O6S/c1-44-25-10-11-38(17-25)22-14-23(18-45-24-8-6-20(7-9-24)34(42)43)39(16-22)32(40)13-21-12-29(36)30(15-28(21)35)37-33(41)27-19-46-31-5-3-2-4-26(27)31/h2-5,12,15,19-20,22-25H,6-11,13-14,16-18H2,1H3,(H,37,41)(H,42,43)/t20-,22-,23-,24-,25+/m0/s1. The molecule has 3 aromatic rings. The van der Waals surface area contributed by atoms with Crippen molar-refractivity contribution < 1.29 is 29.0 Å². The lowest BCUT2D eigenvalue weighted by atomic mass is 9.87. The van der Waals surface area contributed by atoms with Crippen molar-refractivity contribution in [2.45, 2.75) is 69.2 Å². The maximum atomic E-state index is 13.9. The van der Waals surface area contributed by atoms with Gasteiger partial charge in [-0.2, -0.15) is 0 Å². The summed E-state index contributed by atoms with van der Waals surface area (Å²) in [6.45, 7) is 2.76. The van der Waals surface area contributed by atoms with Gasteiger partial charge < -0.3 is 24.8 Å². The van der Waals surface area contributed by atoms with Gasteiger partial charge in [-0.05, 0) is 62.3 Å². The van der Waals surface area contributed by atoms with Crippen LogP contribution in [0.15, 0.2) is 41.8 Å². The third kappa shape index (κ3) is 7.37. The largest absolute Gasteiger partial charge is 0.481 e. The van der Waals surface area contributed by atoms with E-state index in [0.717, 1.165) is 36.0 Å². The Morgan fingerprint density at radius 3 is 2.54 bits per heavy atom. The summed E-state index contributed by atoms with van der Waals surface area (Å²) in [6.07, 6.45) is 4.67. The molecular weight excluding hydrogens is 649 g/mol. The molecule has 3 aliphatic rings. The molecule has 0 bridgehead atoms. The van der Waals surface area contributed by atoms with Gasteiger partial charge in [0.1, 0.15) is 0 Å². The summed E-state index contributed by atoms with van der Waals surface area (Å²) in [7, 11) is 1.74. The number of rotatable bonds is 10. The van der Waals surface area contributed by atoms with Crippen LogP contribution in [-0.2, 0) is 25.5 Å². The van der Waals surface area contributed by atoms with E-state index in [1.165, 1.54) is 11.3 Å². The number of carbonyl (C=O) groups excluding carboxylic acids is 2. The number of ether oxygens (including phenoxy) is 2. The highest BCUT2D eigenvalue weighted by Crippen LogP contribution is 2.34. The van der Waals surface area contributed by atoms with Gasteiger partial charge in [0.05, 0.1) is 53.5 Å². The van der Waals surface area contributed by atoms with Crippen LogP contribution in [0.2, 0.25) is 10.0 Å². The smallest absolute Gasteiger partial charge is 0.306 e. The van der Waals surface area contributed by atoms with Gasteiger partial charge in [0.25, 0.3) is 5.91 Å². The lowest BCUT2D eigenvalue weighted by Gasteiger charge is -2.30. The maximum absolute atomic E-state index is 13.9. The predicted molar refractivity (Wildman–Crippen MR) is 180 cm³/mol. The number of likely N-dealkylation sites (tertiary alicyclic amines) is 2. The Labute approximate surface area is 282 Å². The Morgan fingerprint density at radius 1 is 1.02 bits per heavy atom. The van der Waals surface area contributed by atoms with Gasteiger partial charge in [0.2, 0.25) is 5.91 Å². The van der Waals surface area contributed by atoms with Crippen molar-refractivity contribution in [2.24, 2.45) is 5.92 Å². The lowest BCUT2D eigenvalue weighted by Crippen LogP contribution is -2.41. The van der Waals surface area contributed by atoms with Crippen molar-refractivity contribution in [3.8, 4) is 0 Å². The molecule has 46 heavy (non-hydrogen) atoms. The number of nitrogens with zero attached hydrogens (tertiary/aromatic N) is 2. The van der Waals surface area contributed by atoms with Crippen LogP contribution >= 0.6 is 34.5 Å². The van der Waals surface area contributed by atoms with E-state index in [0.29, 0.717) is 65.7 Å². The fourth-order valence-corrected chi connectivity index (χ4v) is 8.45. The zero-order chi connectivity index (χ0) is 32.4. The molecule has 0 radical (unpaired) electrons. The van der Waals surface area contributed by atoms with Crippen LogP contribution in [0.1, 0.15) is 54.4 Å². The Bertz CT molecular complexity index is 1590. The molecule has 246 valence electrons.